The molecule has 1 aromatic rings. The van der Waals surface area contributed by atoms with Crippen LogP contribution in [0.2, 0.25) is 0 Å². The molecule has 0 spiro atoms. The predicted molar refractivity (Wildman–Crippen MR) is 85.0 cm³/mol. The van der Waals surface area contributed by atoms with Crippen LogP contribution in [0.1, 0.15) is 38.2 Å². The Morgan fingerprint density at radius 2 is 1.95 bits per heavy atom. The number of hydrogen-bond acceptors (Lipinski definition) is 1. The van der Waals surface area contributed by atoms with E-state index in [0.717, 1.165) is 10.7 Å². The molecule has 1 aliphatic carbocycles. The maximum atomic E-state index is 12.9. The third kappa shape index (κ3) is 4.17. The van der Waals surface area contributed by atoms with E-state index in [4.69, 9.17) is 12.2 Å². The molecule has 0 saturated heterocycles. The average Bonchev–Trinajstić information content (AvgIpc) is 2.44. The summed E-state index contributed by atoms with van der Waals surface area (Å²) >= 11 is 5.48. The van der Waals surface area contributed by atoms with Gasteiger partial charge in [0.1, 0.15) is 5.82 Å². The predicted octanol–water partition coefficient (Wildman–Crippen LogP) is 3.71. The van der Waals surface area contributed by atoms with E-state index >= 15 is 0 Å². The molecule has 1 N–H and O–H groups in total. The van der Waals surface area contributed by atoms with Crippen molar-refractivity contribution in [2.75, 3.05) is 7.05 Å². The standard InChI is InChI=1S/C16H23FN2S/c1-12-5-3-4-6-15(12)18-16(20)19(2)11-13-7-9-14(17)10-8-13/h7-10,12,15H,3-6,11H2,1-2H3,(H,18,20). The van der Waals surface area contributed by atoms with Gasteiger partial charge >= 0.3 is 0 Å². The van der Waals surface area contributed by atoms with Crippen molar-refractivity contribution in [3.8, 4) is 0 Å². The Morgan fingerprint density at radius 1 is 1.30 bits per heavy atom. The van der Waals surface area contributed by atoms with Crippen LogP contribution in [0.3, 0.4) is 0 Å². The van der Waals surface area contributed by atoms with Crippen LogP contribution in [0, 0.1) is 11.7 Å². The van der Waals surface area contributed by atoms with Crippen LogP contribution >= 0.6 is 12.2 Å². The van der Waals surface area contributed by atoms with E-state index in [9.17, 15) is 4.39 Å². The lowest BCUT2D eigenvalue weighted by molar-refractivity contribution is 0.300. The summed E-state index contributed by atoms with van der Waals surface area (Å²) in [5.74, 6) is 0.481. The fourth-order valence-corrected chi connectivity index (χ4v) is 2.95. The van der Waals surface area contributed by atoms with Crippen LogP contribution in [0.15, 0.2) is 24.3 Å². The number of nitrogens with zero attached hydrogens (tertiary/aromatic N) is 1. The maximum Gasteiger partial charge on any atom is 0.169 e. The molecule has 20 heavy (non-hydrogen) atoms. The lowest BCUT2D eigenvalue weighted by Gasteiger charge is -2.33. The quantitative estimate of drug-likeness (QED) is 0.856. The van der Waals surface area contributed by atoms with Gasteiger partial charge in [-0.15, -0.1) is 0 Å². The Morgan fingerprint density at radius 3 is 2.60 bits per heavy atom. The molecule has 1 fully saturated rings. The summed E-state index contributed by atoms with van der Waals surface area (Å²) in [6.07, 6.45) is 5.09. The molecule has 2 nitrogen and oxygen atoms in total. The van der Waals surface area contributed by atoms with Crippen LogP contribution in [-0.2, 0) is 6.54 Å². The van der Waals surface area contributed by atoms with Crippen LogP contribution in [0.5, 0.6) is 0 Å². The molecule has 110 valence electrons. The molecule has 0 radical (unpaired) electrons. The minimum absolute atomic E-state index is 0.201. The molecule has 0 aromatic heterocycles. The Bertz CT molecular complexity index is 446. The van der Waals surface area contributed by atoms with Gasteiger partial charge in [-0.05, 0) is 48.7 Å². The largest absolute Gasteiger partial charge is 0.360 e. The minimum atomic E-state index is -0.201. The molecule has 1 aliphatic rings. The maximum absolute atomic E-state index is 12.9. The first-order valence-electron chi connectivity index (χ1n) is 7.32. The van der Waals surface area contributed by atoms with Crippen molar-refractivity contribution in [3.63, 3.8) is 0 Å². The number of hydrogen-bond donors (Lipinski definition) is 1. The van der Waals surface area contributed by atoms with Gasteiger partial charge in [-0.1, -0.05) is 31.9 Å². The molecular formula is C16H23FN2S. The van der Waals surface area contributed by atoms with Crippen molar-refractivity contribution in [1.82, 2.24) is 10.2 Å². The fraction of sp³-hybridized carbons (Fsp3) is 0.562. The second kappa shape index (κ2) is 7.02. The lowest BCUT2D eigenvalue weighted by Crippen LogP contribution is -2.46. The highest BCUT2D eigenvalue weighted by molar-refractivity contribution is 7.80. The van der Waals surface area contributed by atoms with E-state index in [1.54, 1.807) is 12.1 Å². The summed E-state index contributed by atoms with van der Waals surface area (Å²) in [7, 11) is 1.98. The molecule has 2 unspecified atom stereocenters. The van der Waals surface area contributed by atoms with Crippen LogP contribution in [0.4, 0.5) is 4.39 Å². The van der Waals surface area contributed by atoms with Gasteiger partial charge in [-0.3, -0.25) is 0 Å². The monoisotopic (exact) mass is 294 g/mol. The Kier molecular flexibility index (Phi) is 5.35. The van der Waals surface area contributed by atoms with Gasteiger partial charge in [0, 0.05) is 19.6 Å². The van der Waals surface area contributed by atoms with E-state index in [1.807, 2.05) is 11.9 Å². The topological polar surface area (TPSA) is 15.3 Å². The number of nitrogens with one attached hydrogen (secondary N) is 1. The van der Waals surface area contributed by atoms with Crippen molar-refractivity contribution in [1.29, 1.82) is 0 Å². The van der Waals surface area contributed by atoms with Gasteiger partial charge in [0.15, 0.2) is 5.11 Å². The molecule has 2 atom stereocenters. The highest BCUT2D eigenvalue weighted by Crippen LogP contribution is 2.23. The van der Waals surface area contributed by atoms with Gasteiger partial charge < -0.3 is 10.2 Å². The molecular weight excluding hydrogens is 271 g/mol. The average molecular weight is 294 g/mol. The number of halogens is 1. The van der Waals surface area contributed by atoms with Crippen LogP contribution in [-0.4, -0.2) is 23.1 Å². The summed E-state index contributed by atoms with van der Waals surface area (Å²) in [5, 5.41) is 4.27. The first kappa shape index (κ1) is 15.2. The molecule has 0 heterocycles. The van der Waals surface area contributed by atoms with Crippen molar-refractivity contribution in [3.05, 3.63) is 35.6 Å². The number of benzene rings is 1. The summed E-state index contributed by atoms with van der Waals surface area (Å²) < 4.78 is 12.9. The van der Waals surface area contributed by atoms with Gasteiger partial charge in [0.25, 0.3) is 0 Å². The molecule has 2 rings (SSSR count). The van der Waals surface area contributed by atoms with Gasteiger partial charge in [0.2, 0.25) is 0 Å². The summed E-state index contributed by atoms with van der Waals surface area (Å²) in [6, 6.07) is 7.08. The van der Waals surface area contributed by atoms with Crippen molar-refractivity contribution < 1.29 is 4.39 Å². The third-order valence-corrected chi connectivity index (χ3v) is 4.53. The Balaban J connectivity index is 1.86. The molecule has 1 aromatic carbocycles. The zero-order valence-electron chi connectivity index (χ0n) is 12.2. The summed E-state index contributed by atoms with van der Waals surface area (Å²) in [6.45, 7) is 2.99. The first-order valence-corrected chi connectivity index (χ1v) is 7.73. The molecule has 4 heteroatoms. The zero-order valence-corrected chi connectivity index (χ0v) is 13.0. The SMILES string of the molecule is CC1CCCCC1NC(=S)N(C)Cc1ccc(F)cc1. The molecule has 0 aliphatic heterocycles. The summed E-state index contributed by atoms with van der Waals surface area (Å²) in [4.78, 5) is 2.02. The van der Waals surface area contributed by atoms with Crippen LogP contribution in [0.25, 0.3) is 0 Å². The van der Waals surface area contributed by atoms with Gasteiger partial charge in [0.05, 0.1) is 0 Å². The highest BCUT2D eigenvalue weighted by Gasteiger charge is 2.22. The van der Waals surface area contributed by atoms with Crippen molar-refractivity contribution >= 4 is 17.3 Å². The first-order chi connectivity index (χ1) is 9.56. The van der Waals surface area contributed by atoms with E-state index in [-0.39, 0.29) is 5.82 Å². The van der Waals surface area contributed by atoms with Gasteiger partial charge in [-0.2, -0.15) is 0 Å². The normalized spacial score (nSPS) is 22.4. The molecule has 0 amide bonds. The summed E-state index contributed by atoms with van der Waals surface area (Å²) in [5.41, 5.74) is 1.06. The van der Waals surface area contributed by atoms with E-state index in [0.29, 0.717) is 18.5 Å². The van der Waals surface area contributed by atoms with Gasteiger partial charge in [-0.25, -0.2) is 4.39 Å². The lowest BCUT2D eigenvalue weighted by atomic mass is 9.86. The van der Waals surface area contributed by atoms with E-state index < -0.39 is 0 Å². The Labute approximate surface area is 126 Å². The Hall–Kier alpha value is -1.16. The fourth-order valence-electron chi connectivity index (χ4n) is 2.73. The second-order valence-electron chi connectivity index (χ2n) is 5.80. The highest BCUT2D eigenvalue weighted by atomic mass is 32.1. The van der Waals surface area contributed by atoms with Crippen LogP contribution < -0.4 is 5.32 Å². The number of thiocarbonyl (C=S) groups is 1. The molecule has 0 bridgehead atoms. The number of rotatable bonds is 3. The third-order valence-electron chi connectivity index (χ3n) is 4.10. The van der Waals surface area contributed by atoms with Crippen molar-refractivity contribution in [2.45, 2.75) is 45.2 Å². The zero-order chi connectivity index (χ0) is 14.5. The second-order valence-corrected chi connectivity index (χ2v) is 6.19. The van der Waals surface area contributed by atoms with E-state index in [1.165, 1.54) is 37.8 Å². The minimum Gasteiger partial charge on any atom is -0.360 e. The van der Waals surface area contributed by atoms with Crippen molar-refractivity contribution in [2.24, 2.45) is 5.92 Å². The smallest absolute Gasteiger partial charge is 0.169 e. The molecule has 1 saturated carbocycles. The van der Waals surface area contributed by atoms with E-state index in [2.05, 4.69) is 12.2 Å².